The van der Waals surface area contributed by atoms with Crippen LogP contribution in [0.2, 0.25) is 0 Å². The number of rotatable bonds is 3. The van der Waals surface area contributed by atoms with Gasteiger partial charge in [-0.05, 0) is 51.0 Å². The second-order valence-electron chi connectivity index (χ2n) is 5.28. The number of carbonyl (C=O) groups excluding carboxylic acids is 1. The van der Waals surface area contributed by atoms with Gasteiger partial charge in [-0.1, -0.05) is 0 Å². The number of aryl methyl sites for hydroxylation is 1. The summed E-state index contributed by atoms with van der Waals surface area (Å²) in [5.74, 6) is 0.330. The van der Waals surface area contributed by atoms with Gasteiger partial charge in [-0.25, -0.2) is 0 Å². The molecule has 0 atom stereocenters. The van der Waals surface area contributed by atoms with E-state index in [4.69, 9.17) is 15.2 Å². The molecule has 0 amide bonds. The lowest BCUT2D eigenvalue weighted by molar-refractivity contribution is -0.153. The molecule has 0 fully saturated rings. The maximum absolute atomic E-state index is 11.8. The standard InChI is InChI=1S/C14H21NO3/c1-9-6-11(15)12(17-5)7-10(9)8-13(16)18-14(2,3)4/h6-7H,8,15H2,1-5H3. The molecule has 1 aromatic carbocycles. The third kappa shape index (κ3) is 3.95. The lowest BCUT2D eigenvalue weighted by Crippen LogP contribution is -2.25. The summed E-state index contributed by atoms with van der Waals surface area (Å²) < 4.78 is 10.4. The number of nitrogens with two attached hydrogens (primary N) is 1. The Morgan fingerprint density at radius 1 is 1.33 bits per heavy atom. The topological polar surface area (TPSA) is 61.5 Å². The number of carbonyl (C=O) groups is 1. The number of esters is 1. The highest BCUT2D eigenvalue weighted by atomic mass is 16.6. The summed E-state index contributed by atoms with van der Waals surface area (Å²) in [7, 11) is 1.55. The molecule has 0 spiro atoms. The maximum atomic E-state index is 11.8. The third-order valence-corrected chi connectivity index (χ3v) is 2.44. The van der Waals surface area contributed by atoms with Crippen molar-refractivity contribution in [2.45, 2.75) is 39.7 Å². The maximum Gasteiger partial charge on any atom is 0.310 e. The zero-order chi connectivity index (χ0) is 13.9. The van der Waals surface area contributed by atoms with Crippen molar-refractivity contribution in [2.75, 3.05) is 12.8 Å². The minimum Gasteiger partial charge on any atom is -0.495 e. The number of hydrogen-bond acceptors (Lipinski definition) is 4. The normalized spacial score (nSPS) is 11.2. The van der Waals surface area contributed by atoms with Crippen LogP contribution in [0.25, 0.3) is 0 Å². The monoisotopic (exact) mass is 251 g/mol. The van der Waals surface area contributed by atoms with Crippen LogP contribution in [-0.4, -0.2) is 18.7 Å². The molecule has 0 aliphatic heterocycles. The SMILES string of the molecule is COc1cc(CC(=O)OC(C)(C)C)c(C)cc1N. The molecule has 2 N–H and O–H groups in total. The second-order valence-corrected chi connectivity index (χ2v) is 5.28. The molecular weight excluding hydrogens is 230 g/mol. The van der Waals surface area contributed by atoms with Crippen LogP contribution >= 0.6 is 0 Å². The minimum atomic E-state index is -0.469. The number of nitrogen functional groups attached to an aromatic ring is 1. The lowest BCUT2D eigenvalue weighted by atomic mass is 10.0. The van der Waals surface area contributed by atoms with E-state index in [0.29, 0.717) is 11.4 Å². The largest absolute Gasteiger partial charge is 0.495 e. The van der Waals surface area contributed by atoms with Crippen LogP contribution in [0.4, 0.5) is 5.69 Å². The van der Waals surface area contributed by atoms with Gasteiger partial charge in [-0.2, -0.15) is 0 Å². The smallest absolute Gasteiger partial charge is 0.310 e. The average Bonchev–Trinajstić information content (AvgIpc) is 2.19. The summed E-state index contributed by atoms with van der Waals surface area (Å²) in [6.07, 6.45) is 0.222. The first-order valence-corrected chi connectivity index (χ1v) is 5.88. The summed E-state index contributed by atoms with van der Waals surface area (Å²) in [4.78, 5) is 11.8. The molecule has 100 valence electrons. The van der Waals surface area contributed by atoms with E-state index >= 15 is 0 Å². The fourth-order valence-electron chi connectivity index (χ4n) is 1.65. The van der Waals surface area contributed by atoms with Gasteiger partial charge in [0.2, 0.25) is 0 Å². The summed E-state index contributed by atoms with van der Waals surface area (Å²) in [5, 5.41) is 0. The quantitative estimate of drug-likeness (QED) is 0.662. The van der Waals surface area contributed by atoms with Crippen molar-refractivity contribution in [3.8, 4) is 5.75 Å². The van der Waals surface area contributed by atoms with E-state index in [0.717, 1.165) is 11.1 Å². The van der Waals surface area contributed by atoms with E-state index in [2.05, 4.69) is 0 Å². The van der Waals surface area contributed by atoms with Crippen LogP contribution in [0.3, 0.4) is 0 Å². The van der Waals surface area contributed by atoms with E-state index in [-0.39, 0.29) is 12.4 Å². The van der Waals surface area contributed by atoms with Gasteiger partial charge in [0.15, 0.2) is 0 Å². The fraction of sp³-hybridized carbons (Fsp3) is 0.500. The number of benzene rings is 1. The van der Waals surface area contributed by atoms with Gasteiger partial charge < -0.3 is 15.2 Å². The van der Waals surface area contributed by atoms with Crippen molar-refractivity contribution in [3.05, 3.63) is 23.3 Å². The molecule has 0 unspecified atom stereocenters. The molecule has 1 rings (SSSR count). The van der Waals surface area contributed by atoms with Gasteiger partial charge in [0.1, 0.15) is 11.4 Å². The Balaban J connectivity index is 2.88. The number of anilines is 1. The first kappa shape index (κ1) is 14.4. The Hall–Kier alpha value is -1.71. The van der Waals surface area contributed by atoms with E-state index in [1.54, 1.807) is 19.2 Å². The van der Waals surface area contributed by atoms with Crippen LogP contribution in [0.15, 0.2) is 12.1 Å². The molecule has 0 aromatic heterocycles. The van der Waals surface area contributed by atoms with Crippen LogP contribution < -0.4 is 10.5 Å². The molecule has 0 aliphatic carbocycles. The highest BCUT2D eigenvalue weighted by Gasteiger charge is 2.17. The molecular formula is C14H21NO3. The van der Waals surface area contributed by atoms with Gasteiger partial charge in [-0.3, -0.25) is 4.79 Å². The Morgan fingerprint density at radius 2 is 1.94 bits per heavy atom. The molecule has 4 nitrogen and oxygen atoms in total. The molecule has 4 heteroatoms. The molecule has 18 heavy (non-hydrogen) atoms. The Labute approximate surface area is 108 Å². The molecule has 0 bridgehead atoms. The van der Waals surface area contributed by atoms with E-state index in [1.807, 2.05) is 27.7 Å². The second kappa shape index (κ2) is 5.29. The van der Waals surface area contributed by atoms with Crippen LogP contribution in [0.1, 0.15) is 31.9 Å². The first-order valence-electron chi connectivity index (χ1n) is 5.88. The highest BCUT2D eigenvalue weighted by molar-refractivity contribution is 5.74. The van der Waals surface area contributed by atoms with Crippen molar-refractivity contribution >= 4 is 11.7 Å². The first-order chi connectivity index (χ1) is 8.23. The molecule has 0 saturated heterocycles. The summed E-state index contributed by atoms with van der Waals surface area (Å²) in [6, 6.07) is 3.59. The van der Waals surface area contributed by atoms with Gasteiger partial charge in [0.05, 0.1) is 19.2 Å². The van der Waals surface area contributed by atoms with Crippen molar-refractivity contribution in [1.82, 2.24) is 0 Å². The zero-order valence-corrected chi connectivity index (χ0v) is 11.7. The van der Waals surface area contributed by atoms with Gasteiger partial charge in [-0.15, -0.1) is 0 Å². The minimum absolute atomic E-state index is 0.222. The Bertz CT molecular complexity index is 447. The summed E-state index contributed by atoms with van der Waals surface area (Å²) in [6.45, 7) is 7.46. The van der Waals surface area contributed by atoms with Crippen LogP contribution in [0, 0.1) is 6.92 Å². The van der Waals surface area contributed by atoms with E-state index < -0.39 is 5.60 Å². The number of hydrogen-bond donors (Lipinski definition) is 1. The predicted molar refractivity (Wildman–Crippen MR) is 71.7 cm³/mol. The van der Waals surface area contributed by atoms with Crippen LogP contribution in [0.5, 0.6) is 5.75 Å². The van der Waals surface area contributed by atoms with Crippen molar-refractivity contribution in [1.29, 1.82) is 0 Å². The Morgan fingerprint density at radius 3 is 2.44 bits per heavy atom. The molecule has 1 aromatic rings. The van der Waals surface area contributed by atoms with Crippen molar-refractivity contribution in [3.63, 3.8) is 0 Å². The van der Waals surface area contributed by atoms with Crippen molar-refractivity contribution < 1.29 is 14.3 Å². The molecule has 0 heterocycles. The van der Waals surface area contributed by atoms with E-state index in [9.17, 15) is 4.79 Å². The molecule has 0 aliphatic rings. The van der Waals surface area contributed by atoms with Crippen molar-refractivity contribution in [2.24, 2.45) is 0 Å². The zero-order valence-electron chi connectivity index (χ0n) is 11.7. The van der Waals surface area contributed by atoms with Gasteiger partial charge in [0, 0.05) is 0 Å². The van der Waals surface area contributed by atoms with Crippen LogP contribution in [-0.2, 0) is 16.0 Å². The highest BCUT2D eigenvalue weighted by Crippen LogP contribution is 2.26. The van der Waals surface area contributed by atoms with Gasteiger partial charge in [0.25, 0.3) is 0 Å². The van der Waals surface area contributed by atoms with Gasteiger partial charge >= 0.3 is 5.97 Å². The van der Waals surface area contributed by atoms with E-state index in [1.165, 1.54) is 0 Å². The average molecular weight is 251 g/mol. The molecule has 0 saturated carbocycles. The predicted octanol–water partition coefficient (Wildman–Crippen LogP) is 2.47. The number of ether oxygens (including phenoxy) is 2. The summed E-state index contributed by atoms with van der Waals surface area (Å²) in [5.41, 5.74) is 7.72. The fourth-order valence-corrected chi connectivity index (χ4v) is 1.65. The lowest BCUT2D eigenvalue weighted by Gasteiger charge is -2.20. The number of methoxy groups -OCH3 is 1. The molecule has 0 radical (unpaired) electrons. The Kier molecular flexibility index (Phi) is 4.22. The third-order valence-electron chi connectivity index (χ3n) is 2.44. The summed E-state index contributed by atoms with van der Waals surface area (Å²) >= 11 is 0.